The highest BCUT2D eigenvalue weighted by Gasteiger charge is 2.37. The summed E-state index contributed by atoms with van der Waals surface area (Å²) in [5, 5.41) is 9.14. The van der Waals surface area contributed by atoms with E-state index in [1.165, 1.54) is 17.0 Å². The fourth-order valence-corrected chi connectivity index (χ4v) is 5.39. The van der Waals surface area contributed by atoms with E-state index in [0.717, 1.165) is 23.4 Å². The Bertz CT molecular complexity index is 1120. The van der Waals surface area contributed by atoms with E-state index in [9.17, 15) is 22.8 Å². The highest BCUT2D eigenvalue weighted by Crippen LogP contribution is 2.41. The fraction of sp³-hybridized carbons (Fsp3) is 0.385. The summed E-state index contributed by atoms with van der Waals surface area (Å²) in [7, 11) is 0. The van der Waals surface area contributed by atoms with Gasteiger partial charge >= 0.3 is 12.1 Å². The number of halogens is 3. The van der Waals surface area contributed by atoms with Crippen LogP contribution in [0, 0.1) is 5.92 Å². The molecule has 1 amide bonds. The molecule has 0 aliphatic carbocycles. The molecular formula is C26H26F3NO5S. The van der Waals surface area contributed by atoms with Gasteiger partial charge in [-0.2, -0.15) is 13.2 Å². The van der Waals surface area contributed by atoms with Crippen molar-refractivity contribution < 1.29 is 37.3 Å². The summed E-state index contributed by atoms with van der Waals surface area (Å²) in [5.41, 5.74) is -0.534. The molecule has 0 bridgehead atoms. The van der Waals surface area contributed by atoms with Gasteiger partial charge in [0, 0.05) is 30.0 Å². The Balaban J connectivity index is 1.47. The maximum atomic E-state index is 14.0. The summed E-state index contributed by atoms with van der Waals surface area (Å²) in [6.45, 7) is 4.44. The Kier molecular flexibility index (Phi) is 8.07. The van der Waals surface area contributed by atoms with Crippen LogP contribution in [0.25, 0.3) is 5.57 Å². The van der Waals surface area contributed by atoms with E-state index in [2.05, 4.69) is 6.58 Å². The molecule has 2 fully saturated rings. The molecule has 2 aliphatic rings. The van der Waals surface area contributed by atoms with Gasteiger partial charge in [-0.25, -0.2) is 0 Å². The van der Waals surface area contributed by atoms with Gasteiger partial charge < -0.3 is 19.5 Å². The number of carboxylic acids is 1. The van der Waals surface area contributed by atoms with Crippen LogP contribution >= 0.6 is 11.8 Å². The number of rotatable bonds is 7. The van der Waals surface area contributed by atoms with Crippen molar-refractivity contribution in [1.82, 2.24) is 4.90 Å². The van der Waals surface area contributed by atoms with E-state index in [1.54, 1.807) is 0 Å². The number of alkyl halides is 3. The molecule has 4 rings (SSSR count). The second-order valence-electron chi connectivity index (χ2n) is 8.79. The number of aliphatic carboxylic acids is 1. The van der Waals surface area contributed by atoms with Crippen LogP contribution in [-0.4, -0.2) is 59.7 Å². The van der Waals surface area contributed by atoms with Crippen molar-refractivity contribution in [1.29, 1.82) is 0 Å². The molecule has 2 aliphatic heterocycles. The minimum absolute atomic E-state index is 0.0103. The number of carbonyl (C=O) groups is 2. The first kappa shape index (κ1) is 26.2. The number of likely N-dealkylation sites (tertiary alicyclic amines) is 1. The average molecular weight is 522 g/mol. The number of carbonyl (C=O) groups excluding carboxylic acids is 1. The van der Waals surface area contributed by atoms with Crippen molar-refractivity contribution >= 4 is 29.2 Å². The molecule has 0 saturated carbocycles. The Labute approximate surface area is 211 Å². The normalized spacial score (nSPS) is 22.4. The van der Waals surface area contributed by atoms with Gasteiger partial charge in [0.25, 0.3) is 5.91 Å². The van der Waals surface area contributed by atoms with Crippen LogP contribution in [0.5, 0.6) is 0 Å². The summed E-state index contributed by atoms with van der Waals surface area (Å²) in [6.07, 6.45) is -4.06. The monoisotopic (exact) mass is 521 g/mol. The van der Waals surface area contributed by atoms with Crippen LogP contribution in [-0.2, 0) is 31.7 Å². The SMILES string of the molecule is C=C(C(=O)N1CCC(C(=O)O)C1)c1ccc(SC2COCC(Cc3ccccc3)O2)c(C(F)(F)F)c1. The third-order valence-corrected chi connectivity index (χ3v) is 7.30. The zero-order valence-corrected chi connectivity index (χ0v) is 20.2. The van der Waals surface area contributed by atoms with Gasteiger partial charge in [-0.3, -0.25) is 9.59 Å². The van der Waals surface area contributed by atoms with Crippen LogP contribution in [0.3, 0.4) is 0 Å². The predicted octanol–water partition coefficient (Wildman–Crippen LogP) is 4.73. The molecule has 2 saturated heterocycles. The lowest BCUT2D eigenvalue weighted by Gasteiger charge is -2.30. The smallest absolute Gasteiger partial charge is 0.417 e. The number of hydrogen-bond acceptors (Lipinski definition) is 5. The molecule has 3 unspecified atom stereocenters. The third kappa shape index (κ3) is 6.29. The van der Waals surface area contributed by atoms with Crippen molar-refractivity contribution in [2.45, 2.75) is 35.5 Å². The molecule has 0 radical (unpaired) electrons. The maximum Gasteiger partial charge on any atom is 0.417 e. The Morgan fingerprint density at radius 2 is 1.89 bits per heavy atom. The van der Waals surface area contributed by atoms with Crippen molar-refractivity contribution in [2.75, 3.05) is 26.3 Å². The lowest BCUT2D eigenvalue weighted by Crippen LogP contribution is -2.35. The average Bonchev–Trinajstić information content (AvgIpc) is 3.34. The number of nitrogens with zero attached hydrogens (tertiary/aromatic N) is 1. The van der Waals surface area contributed by atoms with Gasteiger partial charge in [0.1, 0.15) is 5.44 Å². The van der Waals surface area contributed by atoms with Gasteiger partial charge in [-0.15, -0.1) is 0 Å². The number of thioether (sulfide) groups is 1. The van der Waals surface area contributed by atoms with Gasteiger partial charge in [0.2, 0.25) is 0 Å². The van der Waals surface area contributed by atoms with E-state index in [0.29, 0.717) is 19.4 Å². The van der Waals surface area contributed by atoms with Gasteiger partial charge in [0.15, 0.2) is 0 Å². The van der Waals surface area contributed by atoms with Crippen LogP contribution < -0.4 is 0 Å². The molecule has 0 aromatic heterocycles. The molecule has 6 nitrogen and oxygen atoms in total. The number of carboxylic acid groups (broad SMARTS) is 1. The molecule has 1 N–H and O–H groups in total. The summed E-state index contributed by atoms with van der Waals surface area (Å²) in [6, 6.07) is 13.3. The molecule has 3 atom stereocenters. The van der Waals surface area contributed by atoms with E-state index in [4.69, 9.17) is 14.6 Å². The van der Waals surface area contributed by atoms with Gasteiger partial charge in [-0.1, -0.05) is 54.7 Å². The van der Waals surface area contributed by atoms with Crippen LogP contribution in [0.15, 0.2) is 60.0 Å². The third-order valence-electron chi connectivity index (χ3n) is 6.18. The fourth-order valence-electron chi connectivity index (χ4n) is 4.28. The van der Waals surface area contributed by atoms with Crippen LogP contribution in [0.1, 0.15) is 23.1 Å². The summed E-state index contributed by atoms with van der Waals surface area (Å²) in [5.74, 6) is -2.26. The molecule has 192 valence electrons. The molecular weight excluding hydrogens is 495 g/mol. The predicted molar refractivity (Wildman–Crippen MR) is 128 cm³/mol. The van der Waals surface area contributed by atoms with E-state index in [-0.39, 0.29) is 41.8 Å². The number of benzene rings is 2. The highest BCUT2D eigenvalue weighted by atomic mass is 32.2. The lowest BCUT2D eigenvalue weighted by atomic mass is 10.0. The Morgan fingerprint density at radius 3 is 2.56 bits per heavy atom. The first-order valence-electron chi connectivity index (χ1n) is 11.5. The Hall–Kier alpha value is -2.82. The van der Waals surface area contributed by atoms with E-state index >= 15 is 0 Å². The number of ether oxygens (including phenoxy) is 2. The molecule has 36 heavy (non-hydrogen) atoms. The summed E-state index contributed by atoms with van der Waals surface area (Å²) in [4.78, 5) is 25.2. The van der Waals surface area contributed by atoms with Crippen molar-refractivity contribution in [3.8, 4) is 0 Å². The van der Waals surface area contributed by atoms with Crippen molar-refractivity contribution in [3.05, 3.63) is 71.8 Å². The van der Waals surface area contributed by atoms with Crippen LogP contribution in [0.2, 0.25) is 0 Å². The maximum absolute atomic E-state index is 14.0. The second kappa shape index (κ2) is 11.1. The number of hydrogen-bond donors (Lipinski definition) is 1. The van der Waals surface area contributed by atoms with Crippen molar-refractivity contribution in [2.24, 2.45) is 5.92 Å². The highest BCUT2D eigenvalue weighted by molar-refractivity contribution is 7.99. The minimum atomic E-state index is -4.66. The summed E-state index contributed by atoms with van der Waals surface area (Å²) < 4.78 is 53.6. The Morgan fingerprint density at radius 1 is 1.14 bits per heavy atom. The standard InChI is InChI=1S/C26H26F3NO5S/c1-16(24(31)30-10-9-19(13-30)25(32)33)18-7-8-22(21(12-18)26(27,28)29)36-23-15-34-14-20(35-23)11-17-5-3-2-4-6-17/h2-8,12,19-20,23H,1,9-11,13-15H2,(H,32,33). The van der Waals surface area contributed by atoms with Crippen LogP contribution in [0.4, 0.5) is 13.2 Å². The molecule has 0 spiro atoms. The number of amides is 1. The first-order chi connectivity index (χ1) is 17.1. The summed E-state index contributed by atoms with van der Waals surface area (Å²) >= 11 is 0.932. The van der Waals surface area contributed by atoms with E-state index < -0.39 is 35.0 Å². The van der Waals surface area contributed by atoms with E-state index in [1.807, 2.05) is 30.3 Å². The topological polar surface area (TPSA) is 76.1 Å². The molecule has 10 heteroatoms. The van der Waals surface area contributed by atoms with Crippen molar-refractivity contribution in [3.63, 3.8) is 0 Å². The quantitative estimate of drug-likeness (QED) is 0.531. The molecule has 2 heterocycles. The minimum Gasteiger partial charge on any atom is -0.481 e. The second-order valence-corrected chi connectivity index (χ2v) is 10.00. The van der Waals surface area contributed by atoms with Gasteiger partial charge in [-0.05, 0) is 29.7 Å². The lowest BCUT2D eigenvalue weighted by molar-refractivity contribution is -0.141. The molecule has 2 aromatic carbocycles. The largest absolute Gasteiger partial charge is 0.481 e. The zero-order valence-electron chi connectivity index (χ0n) is 19.4. The van der Waals surface area contributed by atoms with Gasteiger partial charge in [0.05, 0.1) is 30.8 Å². The molecule has 2 aromatic rings. The zero-order chi connectivity index (χ0) is 25.9. The first-order valence-corrected chi connectivity index (χ1v) is 12.4.